The molecule has 16 heavy (non-hydrogen) atoms. The zero-order valence-corrected chi connectivity index (χ0v) is 10.3. The molecule has 4 heteroatoms. The number of nitrogens with zero attached hydrogens (tertiary/aromatic N) is 2. The maximum absolute atomic E-state index is 4.25. The average Bonchev–Trinajstić information content (AvgIpc) is 2.33. The molecule has 0 aliphatic carbocycles. The Morgan fingerprint density at radius 1 is 1.06 bits per heavy atom. The molecular weight excluding hydrogens is 200 g/mol. The molecule has 2 N–H and O–H groups in total. The highest BCUT2D eigenvalue weighted by Crippen LogP contribution is 2.00. The second kappa shape index (κ2) is 8.05. The van der Waals surface area contributed by atoms with Gasteiger partial charge in [0.05, 0.1) is 0 Å². The summed E-state index contributed by atoms with van der Waals surface area (Å²) in [5.41, 5.74) is 1.14. The molecule has 0 bridgehead atoms. The highest BCUT2D eigenvalue weighted by atomic mass is 15.1. The molecule has 1 aromatic heterocycles. The predicted octanol–water partition coefficient (Wildman–Crippen LogP) is 2.19. The van der Waals surface area contributed by atoms with E-state index in [9.17, 15) is 0 Å². The number of hydrogen-bond donors (Lipinski definition) is 2. The van der Waals surface area contributed by atoms with Crippen LogP contribution in [0.2, 0.25) is 0 Å². The second-order valence-corrected chi connectivity index (χ2v) is 3.87. The van der Waals surface area contributed by atoms with Gasteiger partial charge in [-0.3, -0.25) is 0 Å². The number of rotatable bonds is 8. The summed E-state index contributed by atoms with van der Waals surface area (Å²) in [5, 5.41) is 6.52. The highest BCUT2D eigenvalue weighted by molar-refractivity contribution is 5.24. The fraction of sp³-hybridized carbons (Fsp3) is 0.667. The van der Waals surface area contributed by atoms with Crippen molar-refractivity contribution >= 4 is 5.95 Å². The van der Waals surface area contributed by atoms with E-state index in [4.69, 9.17) is 0 Å². The molecule has 0 unspecified atom stereocenters. The topological polar surface area (TPSA) is 49.8 Å². The van der Waals surface area contributed by atoms with Gasteiger partial charge in [0.25, 0.3) is 0 Å². The average molecular weight is 222 g/mol. The lowest BCUT2D eigenvalue weighted by Crippen LogP contribution is -2.15. The minimum absolute atomic E-state index is 0.721. The fourth-order valence-electron chi connectivity index (χ4n) is 1.31. The molecule has 1 heterocycles. The van der Waals surface area contributed by atoms with E-state index in [1.165, 1.54) is 12.8 Å². The van der Waals surface area contributed by atoms with Crippen LogP contribution in [0.15, 0.2) is 12.4 Å². The predicted molar refractivity (Wildman–Crippen MR) is 67.4 cm³/mol. The molecule has 0 radical (unpaired) electrons. The molecule has 1 aromatic rings. The summed E-state index contributed by atoms with van der Waals surface area (Å²) in [5.74, 6) is 0.721. The van der Waals surface area contributed by atoms with Crippen LogP contribution in [0.5, 0.6) is 0 Å². The molecule has 0 spiro atoms. The first-order chi connectivity index (χ1) is 7.86. The summed E-state index contributed by atoms with van der Waals surface area (Å²) in [7, 11) is 0. The Balaban J connectivity index is 2.27. The summed E-state index contributed by atoms with van der Waals surface area (Å²) in [6, 6.07) is 0. The van der Waals surface area contributed by atoms with Crippen LogP contribution in [0.25, 0.3) is 0 Å². The molecule has 0 aliphatic rings. The van der Waals surface area contributed by atoms with Crippen molar-refractivity contribution in [2.45, 2.75) is 39.7 Å². The third-order valence-electron chi connectivity index (χ3n) is 2.27. The van der Waals surface area contributed by atoms with Gasteiger partial charge in [-0.2, -0.15) is 0 Å². The Morgan fingerprint density at radius 3 is 2.44 bits per heavy atom. The van der Waals surface area contributed by atoms with Gasteiger partial charge in [-0.25, -0.2) is 9.97 Å². The van der Waals surface area contributed by atoms with Crippen LogP contribution < -0.4 is 10.6 Å². The minimum Gasteiger partial charge on any atom is -0.354 e. The lowest BCUT2D eigenvalue weighted by molar-refractivity contribution is 0.639. The summed E-state index contributed by atoms with van der Waals surface area (Å²) < 4.78 is 0. The molecular formula is C12H22N4. The van der Waals surface area contributed by atoms with E-state index in [2.05, 4.69) is 34.4 Å². The van der Waals surface area contributed by atoms with Crippen molar-refractivity contribution in [3.8, 4) is 0 Å². The van der Waals surface area contributed by atoms with Gasteiger partial charge in [0.2, 0.25) is 5.95 Å². The van der Waals surface area contributed by atoms with Crippen LogP contribution in [-0.2, 0) is 6.54 Å². The van der Waals surface area contributed by atoms with E-state index in [1.807, 2.05) is 12.4 Å². The third kappa shape index (κ3) is 5.07. The van der Waals surface area contributed by atoms with Gasteiger partial charge in [0, 0.05) is 31.0 Å². The molecule has 0 aromatic carbocycles. The largest absolute Gasteiger partial charge is 0.354 e. The van der Waals surface area contributed by atoms with E-state index in [0.717, 1.165) is 37.6 Å². The number of hydrogen-bond acceptors (Lipinski definition) is 4. The maximum Gasteiger partial charge on any atom is 0.222 e. The van der Waals surface area contributed by atoms with E-state index in [1.54, 1.807) is 0 Å². The molecule has 0 saturated heterocycles. The van der Waals surface area contributed by atoms with Crippen LogP contribution >= 0.6 is 0 Å². The van der Waals surface area contributed by atoms with Crippen LogP contribution in [0.1, 0.15) is 38.7 Å². The smallest absolute Gasteiger partial charge is 0.222 e. The normalized spacial score (nSPS) is 10.4. The van der Waals surface area contributed by atoms with Crippen LogP contribution in [0.4, 0.5) is 5.95 Å². The minimum atomic E-state index is 0.721. The van der Waals surface area contributed by atoms with Crippen LogP contribution in [0.3, 0.4) is 0 Å². The highest BCUT2D eigenvalue weighted by Gasteiger charge is 1.96. The molecule has 4 nitrogen and oxygen atoms in total. The first-order valence-corrected chi connectivity index (χ1v) is 6.12. The summed E-state index contributed by atoms with van der Waals surface area (Å²) in [6.45, 7) is 7.16. The SMILES string of the molecule is CCCCNCc1cnc(NCCC)nc1. The van der Waals surface area contributed by atoms with Gasteiger partial charge < -0.3 is 10.6 Å². The number of nitrogens with one attached hydrogen (secondary N) is 2. The van der Waals surface area contributed by atoms with Gasteiger partial charge in [0.15, 0.2) is 0 Å². The second-order valence-electron chi connectivity index (χ2n) is 3.87. The molecule has 0 aliphatic heterocycles. The third-order valence-corrected chi connectivity index (χ3v) is 2.27. The molecule has 0 atom stereocenters. The van der Waals surface area contributed by atoms with Crippen molar-refractivity contribution in [1.29, 1.82) is 0 Å². The summed E-state index contributed by atoms with van der Waals surface area (Å²) >= 11 is 0. The number of unbranched alkanes of at least 4 members (excludes halogenated alkanes) is 1. The van der Waals surface area contributed by atoms with Crippen molar-refractivity contribution in [3.05, 3.63) is 18.0 Å². The van der Waals surface area contributed by atoms with E-state index < -0.39 is 0 Å². The molecule has 90 valence electrons. The van der Waals surface area contributed by atoms with Crippen molar-refractivity contribution in [3.63, 3.8) is 0 Å². The van der Waals surface area contributed by atoms with Crippen molar-refractivity contribution in [2.75, 3.05) is 18.4 Å². The van der Waals surface area contributed by atoms with E-state index in [0.29, 0.717) is 0 Å². The molecule has 0 amide bonds. The van der Waals surface area contributed by atoms with Gasteiger partial charge in [0.1, 0.15) is 0 Å². The maximum atomic E-state index is 4.25. The van der Waals surface area contributed by atoms with Gasteiger partial charge >= 0.3 is 0 Å². The molecule has 1 rings (SSSR count). The van der Waals surface area contributed by atoms with E-state index >= 15 is 0 Å². The van der Waals surface area contributed by atoms with E-state index in [-0.39, 0.29) is 0 Å². The Labute approximate surface area is 97.9 Å². The quantitative estimate of drug-likeness (QED) is 0.662. The lowest BCUT2D eigenvalue weighted by Gasteiger charge is -2.05. The Bertz CT molecular complexity index is 271. The Hall–Kier alpha value is -1.16. The Kier molecular flexibility index (Phi) is 6.49. The van der Waals surface area contributed by atoms with Gasteiger partial charge in [-0.05, 0) is 19.4 Å². The van der Waals surface area contributed by atoms with Crippen molar-refractivity contribution < 1.29 is 0 Å². The van der Waals surface area contributed by atoms with Crippen LogP contribution in [-0.4, -0.2) is 23.1 Å². The summed E-state index contributed by atoms with van der Waals surface area (Å²) in [4.78, 5) is 8.51. The Morgan fingerprint density at radius 2 is 1.81 bits per heavy atom. The zero-order valence-electron chi connectivity index (χ0n) is 10.3. The zero-order chi connectivity index (χ0) is 11.6. The van der Waals surface area contributed by atoms with Crippen LogP contribution in [0, 0.1) is 0 Å². The van der Waals surface area contributed by atoms with Crippen molar-refractivity contribution in [2.24, 2.45) is 0 Å². The molecule has 0 fully saturated rings. The number of anilines is 1. The fourth-order valence-corrected chi connectivity index (χ4v) is 1.31. The van der Waals surface area contributed by atoms with Gasteiger partial charge in [-0.15, -0.1) is 0 Å². The monoisotopic (exact) mass is 222 g/mol. The first-order valence-electron chi connectivity index (χ1n) is 6.12. The first kappa shape index (κ1) is 12.9. The lowest BCUT2D eigenvalue weighted by atomic mass is 10.3. The standard InChI is InChI=1S/C12H22N4/c1-3-5-7-13-8-11-9-15-12(16-10-11)14-6-4-2/h9-10,13H,3-8H2,1-2H3,(H,14,15,16). The van der Waals surface area contributed by atoms with Crippen molar-refractivity contribution in [1.82, 2.24) is 15.3 Å². The van der Waals surface area contributed by atoms with Gasteiger partial charge in [-0.1, -0.05) is 20.3 Å². The number of aromatic nitrogens is 2. The summed E-state index contributed by atoms with van der Waals surface area (Å²) in [6.07, 6.45) is 7.29. The molecule has 0 saturated carbocycles.